The molecule has 0 unspecified atom stereocenters. The van der Waals surface area contributed by atoms with Crippen molar-refractivity contribution in [1.29, 1.82) is 0 Å². The number of para-hydroxylation sites is 1. The minimum Gasteiger partial charge on any atom is -0.508 e. The van der Waals surface area contributed by atoms with Crippen LogP contribution in [0.4, 0.5) is 0 Å². The molecular weight excluding hydrogens is 284 g/mol. The topological polar surface area (TPSA) is 63.6 Å². The zero-order valence-corrected chi connectivity index (χ0v) is 12.2. The summed E-state index contributed by atoms with van der Waals surface area (Å²) in [5.74, 6) is 0.322. The standard InChI is InChI=1S/C7H8O3S.C6H6O.H2S/c1-10-11(8,9)7-5-3-2-4-6-7;7-6-4-2-1-3-5-6;/h2-6H,1H3;1-5,7H;1H2. The first-order chi connectivity index (χ1) is 8.56. The third-order valence-electron chi connectivity index (χ3n) is 2.01. The van der Waals surface area contributed by atoms with Gasteiger partial charge in [0.15, 0.2) is 0 Å². The van der Waals surface area contributed by atoms with E-state index in [0.717, 1.165) is 7.11 Å². The quantitative estimate of drug-likeness (QED) is 0.866. The first-order valence-electron chi connectivity index (χ1n) is 5.16. The molecular formula is C13H16O4S2. The molecule has 0 heterocycles. The van der Waals surface area contributed by atoms with E-state index in [1.807, 2.05) is 6.07 Å². The number of phenolic OH excluding ortho intramolecular Hbond substituents is 1. The first-order valence-corrected chi connectivity index (χ1v) is 6.57. The molecule has 19 heavy (non-hydrogen) atoms. The van der Waals surface area contributed by atoms with Crippen molar-refractivity contribution in [2.45, 2.75) is 4.90 Å². The minimum absolute atomic E-state index is 0. The van der Waals surface area contributed by atoms with Crippen LogP contribution >= 0.6 is 13.5 Å². The van der Waals surface area contributed by atoms with Crippen LogP contribution in [0.5, 0.6) is 5.75 Å². The van der Waals surface area contributed by atoms with Gasteiger partial charge in [-0.15, -0.1) is 0 Å². The fraction of sp³-hybridized carbons (Fsp3) is 0.0769. The molecule has 1 N–H and O–H groups in total. The van der Waals surface area contributed by atoms with E-state index in [2.05, 4.69) is 4.18 Å². The van der Waals surface area contributed by atoms with Gasteiger partial charge in [0.05, 0.1) is 12.0 Å². The molecule has 0 aliphatic heterocycles. The summed E-state index contributed by atoms with van der Waals surface area (Å²) in [5, 5.41) is 8.63. The Bertz CT molecular complexity index is 554. The fourth-order valence-corrected chi connectivity index (χ4v) is 1.79. The summed E-state index contributed by atoms with van der Waals surface area (Å²) in [6.45, 7) is 0. The summed E-state index contributed by atoms with van der Waals surface area (Å²) in [6, 6.07) is 16.7. The predicted octanol–water partition coefficient (Wildman–Crippen LogP) is 2.53. The molecule has 6 heteroatoms. The van der Waals surface area contributed by atoms with E-state index < -0.39 is 10.1 Å². The number of benzene rings is 2. The van der Waals surface area contributed by atoms with Crippen LogP contribution in [0.3, 0.4) is 0 Å². The summed E-state index contributed by atoms with van der Waals surface area (Å²) >= 11 is 0. The van der Waals surface area contributed by atoms with Gasteiger partial charge in [0, 0.05) is 0 Å². The Morgan fingerprint density at radius 3 is 1.63 bits per heavy atom. The van der Waals surface area contributed by atoms with Gasteiger partial charge in [-0.3, -0.25) is 4.18 Å². The molecule has 0 aliphatic rings. The van der Waals surface area contributed by atoms with Crippen LogP contribution in [-0.2, 0) is 14.3 Å². The lowest BCUT2D eigenvalue weighted by molar-refractivity contribution is 0.398. The molecule has 0 atom stereocenters. The zero-order chi connectivity index (χ0) is 13.4. The smallest absolute Gasteiger partial charge is 0.296 e. The minimum atomic E-state index is -3.50. The first kappa shape index (κ1) is 17.5. The summed E-state index contributed by atoms with van der Waals surface area (Å²) in [6.07, 6.45) is 0. The Balaban J connectivity index is 0.000000352. The van der Waals surface area contributed by atoms with E-state index in [1.165, 1.54) is 12.1 Å². The van der Waals surface area contributed by atoms with E-state index in [0.29, 0.717) is 5.75 Å². The highest BCUT2D eigenvalue weighted by Crippen LogP contribution is 2.09. The molecule has 0 aliphatic carbocycles. The third kappa shape index (κ3) is 6.28. The Morgan fingerprint density at radius 1 is 0.895 bits per heavy atom. The highest BCUT2D eigenvalue weighted by atomic mass is 32.2. The van der Waals surface area contributed by atoms with Gasteiger partial charge < -0.3 is 5.11 Å². The van der Waals surface area contributed by atoms with Crippen molar-refractivity contribution < 1.29 is 17.7 Å². The fourth-order valence-electron chi connectivity index (χ4n) is 1.11. The Hall–Kier alpha value is -1.50. The van der Waals surface area contributed by atoms with Gasteiger partial charge in [-0.1, -0.05) is 36.4 Å². The Morgan fingerprint density at radius 2 is 1.32 bits per heavy atom. The molecule has 2 aromatic rings. The molecule has 0 saturated heterocycles. The normalized spacial score (nSPS) is 9.74. The van der Waals surface area contributed by atoms with Crippen molar-refractivity contribution in [3.63, 3.8) is 0 Å². The van der Waals surface area contributed by atoms with Gasteiger partial charge in [0.1, 0.15) is 5.75 Å². The van der Waals surface area contributed by atoms with E-state index in [1.54, 1.807) is 42.5 Å². The average molecular weight is 300 g/mol. The highest BCUT2D eigenvalue weighted by molar-refractivity contribution is 7.86. The lowest BCUT2D eigenvalue weighted by Crippen LogP contribution is -2.01. The summed E-state index contributed by atoms with van der Waals surface area (Å²) < 4.78 is 26.3. The number of rotatable bonds is 2. The molecule has 2 rings (SSSR count). The zero-order valence-electron chi connectivity index (χ0n) is 10.4. The maximum Gasteiger partial charge on any atom is 0.296 e. The number of phenols is 1. The van der Waals surface area contributed by atoms with Gasteiger partial charge in [-0.2, -0.15) is 21.9 Å². The van der Waals surface area contributed by atoms with Crippen LogP contribution in [0.25, 0.3) is 0 Å². The molecule has 0 amide bonds. The molecule has 0 radical (unpaired) electrons. The number of hydrogen-bond acceptors (Lipinski definition) is 4. The van der Waals surface area contributed by atoms with E-state index in [4.69, 9.17) is 5.11 Å². The second kappa shape index (κ2) is 8.58. The molecule has 0 aromatic heterocycles. The molecule has 2 aromatic carbocycles. The van der Waals surface area contributed by atoms with Gasteiger partial charge in [0.2, 0.25) is 0 Å². The van der Waals surface area contributed by atoms with Crippen molar-refractivity contribution in [2.75, 3.05) is 7.11 Å². The maximum atomic E-state index is 11.0. The highest BCUT2D eigenvalue weighted by Gasteiger charge is 2.10. The largest absolute Gasteiger partial charge is 0.508 e. The Kier molecular flexibility index (Phi) is 7.90. The molecule has 0 fully saturated rings. The van der Waals surface area contributed by atoms with Gasteiger partial charge in [0.25, 0.3) is 10.1 Å². The molecule has 0 saturated carbocycles. The molecule has 4 nitrogen and oxygen atoms in total. The van der Waals surface area contributed by atoms with Crippen LogP contribution in [0, 0.1) is 0 Å². The predicted molar refractivity (Wildman–Crippen MR) is 79.1 cm³/mol. The van der Waals surface area contributed by atoms with Crippen molar-refractivity contribution in [2.24, 2.45) is 0 Å². The van der Waals surface area contributed by atoms with Gasteiger partial charge in [-0.05, 0) is 24.3 Å². The second-order valence-corrected chi connectivity index (χ2v) is 4.98. The second-order valence-electron chi connectivity index (χ2n) is 3.27. The van der Waals surface area contributed by atoms with Crippen LogP contribution < -0.4 is 0 Å². The van der Waals surface area contributed by atoms with Crippen LogP contribution in [-0.4, -0.2) is 20.6 Å². The Labute approximate surface area is 120 Å². The van der Waals surface area contributed by atoms with Crippen molar-refractivity contribution in [1.82, 2.24) is 0 Å². The van der Waals surface area contributed by atoms with E-state index >= 15 is 0 Å². The molecule has 104 valence electrons. The van der Waals surface area contributed by atoms with Crippen molar-refractivity contribution >= 4 is 23.6 Å². The van der Waals surface area contributed by atoms with Crippen molar-refractivity contribution in [3.8, 4) is 5.75 Å². The lowest BCUT2D eigenvalue weighted by atomic mass is 10.3. The summed E-state index contributed by atoms with van der Waals surface area (Å²) in [4.78, 5) is 0.183. The summed E-state index contributed by atoms with van der Waals surface area (Å²) in [7, 11) is -2.36. The molecule has 0 spiro atoms. The van der Waals surface area contributed by atoms with E-state index in [-0.39, 0.29) is 18.4 Å². The van der Waals surface area contributed by atoms with Gasteiger partial charge in [-0.25, -0.2) is 0 Å². The van der Waals surface area contributed by atoms with Crippen LogP contribution in [0.2, 0.25) is 0 Å². The van der Waals surface area contributed by atoms with Crippen LogP contribution in [0.15, 0.2) is 65.6 Å². The average Bonchev–Trinajstić information content (AvgIpc) is 2.41. The third-order valence-corrected chi connectivity index (χ3v) is 3.30. The SMILES string of the molecule is COS(=O)(=O)c1ccccc1.Oc1ccccc1.S. The summed E-state index contributed by atoms with van der Waals surface area (Å²) in [5.41, 5.74) is 0. The van der Waals surface area contributed by atoms with Crippen LogP contribution in [0.1, 0.15) is 0 Å². The van der Waals surface area contributed by atoms with E-state index in [9.17, 15) is 8.42 Å². The van der Waals surface area contributed by atoms with Gasteiger partial charge >= 0.3 is 0 Å². The van der Waals surface area contributed by atoms with Crippen molar-refractivity contribution in [3.05, 3.63) is 60.7 Å². The number of hydrogen-bond donors (Lipinski definition) is 1. The lowest BCUT2D eigenvalue weighted by Gasteiger charge is -1.98. The molecule has 0 bridgehead atoms. The number of aromatic hydroxyl groups is 1. The maximum absolute atomic E-state index is 11.0. The monoisotopic (exact) mass is 300 g/mol.